The topological polar surface area (TPSA) is 82.5 Å². The second kappa shape index (κ2) is 7.62. The molecule has 0 saturated heterocycles. The van der Waals surface area contributed by atoms with E-state index in [0.717, 1.165) is 56.3 Å². The Morgan fingerprint density at radius 1 is 1.00 bits per heavy atom. The molecule has 0 bridgehead atoms. The molecule has 0 N–H and O–H groups in total. The minimum absolute atomic E-state index is 0.0239. The molecule has 1 aliphatic carbocycles. The van der Waals surface area contributed by atoms with Crippen molar-refractivity contribution in [2.75, 3.05) is 0 Å². The van der Waals surface area contributed by atoms with Gasteiger partial charge < -0.3 is 9.09 Å². The number of rotatable bonds is 5. The van der Waals surface area contributed by atoms with E-state index in [1.807, 2.05) is 50.8 Å². The summed E-state index contributed by atoms with van der Waals surface area (Å²) in [6.45, 7) is 6.04. The van der Waals surface area contributed by atoms with E-state index in [-0.39, 0.29) is 6.04 Å². The van der Waals surface area contributed by atoms with Gasteiger partial charge in [-0.3, -0.25) is 9.97 Å². The molecule has 1 saturated carbocycles. The zero-order valence-electron chi connectivity index (χ0n) is 18.9. The fourth-order valence-corrected chi connectivity index (χ4v) is 4.49. The first-order valence-corrected chi connectivity index (χ1v) is 11.3. The second-order valence-electron chi connectivity index (χ2n) is 8.78. The summed E-state index contributed by atoms with van der Waals surface area (Å²) >= 11 is 0. The van der Waals surface area contributed by atoms with E-state index >= 15 is 0 Å². The van der Waals surface area contributed by atoms with E-state index < -0.39 is 0 Å². The molecular weight excluding hydrogens is 412 g/mol. The van der Waals surface area contributed by atoms with Crippen molar-refractivity contribution in [2.24, 2.45) is 0 Å². The molecule has 0 aliphatic heterocycles. The fraction of sp³-hybridized carbons (Fsp3) is 0.269. The van der Waals surface area contributed by atoms with Crippen LogP contribution in [0.15, 0.2) is 59.8 Å². The molecule has 0 amide bonds. The Morgan fingerprint density at radius 2 is 1.79 bits per heavy atom. The molecule has 164 valence electrons. The summed E-state index contributed by atoms with van der Waals surface area (Å²) in [5, 5.41) is 4.12. The number of aryl methyl sites for hydroxylation is 2. The number of fused-ring (bicyclic) bond motifs is 1. The van der Waals surface area contributed by atoms with Gasteiger partial charge in [-0.05, 0) is 51.8 Å². The van der Waals surface area contributed by atoms with Crippen molar-refractivity contribution in [1.82, 2.24) is 29.7 Å². The third-order valence-electron chi connectivity index (χ3n) is 6.45. The van der Waals surface area contributed by atoms with E-state index in [1.165, 1.54) is 12.8 Å². The predicted octanol–water partition coefficient (Wildman–Crippen LogP) is 5.65. The molecule has 1 atom stereocenters. The lowest BCUT2D eigenvalue weighted by Gasteiger charge is -2.15. The Bertz CT molecular complexity index is 1430. The van der Waals surface area contributed by atoms with Gasteiger partial charge in [-0.1, -0.05) is 11.2 Å². The minimum Gasteiger partial charge on any atom is -0.361 e. The summed E-state index contributed by atoms with van der Waals surface area (Å²) in [5.41, 5.74) is 7.73. The van der Waals surface area contributed by atoms with Crippen LogP contribution in [0.25, 0.3) is 33.3 Å². The van der Waals surface area contributed by atoms with Gasteiger partial charge in [0.1, 0.15) is 11.6 Å². The van der Waals surface area contributed by atoms with E-state index in [2.05, 4.69) is 49.9 Å². The van der Waals surface area contributed by atoms with Gasteiger partial charge in [0.25, 0.3) is 0 Å². The van der Waals surface area contributed by atoms with Crippen LogP contribution >= 0.6 is 0 Å². The van der Waals surface area contributed by atoms with Crippen LogP contribution in [0, 0.1) is 13.8 Å². The Balaban J connectivity index is 1.53. The van der Waals surface area contributed by atoms with E-state index in [1.54, 1.807) is 0 Å². The van der Waals surface area contributed by atoms with Gasteiger partial charge in [0.15, 0.2) is 0 Å². The van der Waals surface area contributed by atoms with Crippen molar-refractivity contribution >= 4 is 11.0 Å². The van der Waals surface area contributed by atoms with Gasteiger partial charge >= 0.3 is 0 Å². The first-order valence-electron chi connectivity index (χ1n) is 11.3. The lowest BCUT2D eigenvalue weighted by molar-refractivity contribution is 0.393. The van der Waals surface area contributed by atoms with Crippen molar-refractivity contribution in [3.8, 4) is 22.3 Å². The molecule has 6 rings (SSSR count). The number of nitrogens with zero attached hydrogens (tertiary/aromatic N) is 6. The maximum Gasteiger partial charge on any atom is 0.141 e. The van der Waals surface area contributed by atoms with Crippen LogP contribution in [0.1, 0.15) is 54.7 Å². The molecule has 0 unspecified atom stereocenters. The maximum absolute atomic E-state index is 5.41. The molecule has 5 aromatic heterocycles. The van der Waals surface area contributed by atoms with Gasteiger partial charge in [0, 0.05) is 59.2 Å². The van der Waals surface area contributed by atoms with Gasteiger partial charge in [0.2, 0.25) is 0 Å². The summed E-state index contributed by atoms with van der Waals surface area (Å²) < 4.78 is 7.64. The highest BCUT2D eigenvalue weighted by atomic mass is 16.5. The highest BCUT2D eigenvalue weighted by Crippen LogP contribution is 2.39. The zero-order chi connectivity index (χ0) is 22.5. The highest BCUT2D eigenvalue weighted by Gasteiger charge is 2.26. The number of aromatic nitrogens is 6. The Labute approximate surface area is 191 Å². The zero-order valence-corrected chi connectivity index (χ0v) is 18.9. The van der Waals surface area contributed by atoms with Crippen LogP contribution in [-0.2, 0) is 0 Å². The van der Waals surface area contributed by atoms with Gasteiger partial charge in [0.05, 0.1) is 28.5 Å². The highest BCUT2D eigenvalue weighted by molar-refractivity contribution is 5.95. The Hall–Kier alpha value is -3.87. The molecule has 1 fully saturated rings. The third kappa shape index (κ3) is 3.40. The average molecular weight is 437 g/mol. The first-order chi connectivity index (χ1) is 16.1. The van der Waals surface area contributed by atoms with Gasteiger partial charge in [-0.25, -0.2) is 9.97 Å². The Morgan fingerprint density at radius 3 is 2.45 bits per heavy atom. The maximum atomic E-state index is 5.41. The number of hydrogen-bond acceptors (Lipinski definition) is 6. The molecule has 7 nitrogen and oxygen atoms in total. The molecule has 0 aromatic carbocycles. The van der Waals surface area contributed by atoms with Crippen LogP contribution in [0.3, 0.4) is 0 Å². The van der Waals surface area contributed by atoms with Crippen LogP contribution in [-0.4, -0.2) is 29.7 Å². The molecule has 1 aliphatic rings. The van der Waals surface area contributed by atoms with Crippen molar-refractivity contribution < 1.29 is 4.52 Å². The van der Waals surface area contributed by atoms with E-state index in [0.29, 0.717) is 5.92 Å². The number of pyridine rings is 2. The van der Waals surface area contributed by atoms with Crippen LogP contribution in [0.4, 0.5) is 0 Å². The molecule has 7 heteroatoms. The Kier molecular flexibility index (Phi) is 4.57. The fourth-order valence-electron chi connectivity index (χ4n) is 4.49. The first kappa shape index (κ1) is 19.8. The van der Waals surface area contributed by atoms with E-state index in [4.69, 9.17) is 9.51 Å². The van der Waals surface area contributed by atoms with E-state index in [9.17, 15) is 0 Å². The van der Waals surface area contributed by atoms with Crippen molar-refractivity contribution in [3.05, 3.63) is 78.2 Å². The summed E-state index contributed by atoms with van der Waals surface area (Å²) in [7, 11) is 0. The smallest absolute Gasteiger partial charge is 0.141 e. The summed E-state index contributed by atoms with van der Waals surface area (Å²) in [5.74, 6) is 2.26. The predicted molar refractivity (Wildman–Crippen MR) is 126 cm³/mol. The van der Waals surface area contributed by atoms with Crippen LogP contribution < -0.4 is 0 Å². The molecule has 0 spiro atoms. The van der Waals surface area contributed by atoms with Crippen molar-refractivity contribution in [2.45, 2.75) is 45.6 Å². The summed E-state index contributed by atoms with van der Waals surface area (Å²) in [6.07, 6.45) is 12.1. The molecular formula is C26H24N6O. The summed E-state index contributed by atoms with van der Waals surface area (Å²) in [4.78, 5) is 18.8. The third-order valence-corrected chi connectivity index (χ3v) is 6.45. The molecule has 5 aromatic rings. The lowest BCUT2D eigenvalue weighted by Crippen LogP contribution is -2.07. The van der Waals surface area contributed by atoms with Crippen molar-refractivity contribution in [3.63, 3.8) is 0 Å². The number of hydrogen-bond donors (Lipinski definition) is 0. The minimum atomic E-state index is 0.0239. The molecule has 33 heavy (non-hydrogen) atoms. The summed E-state index contributed by atoms with van der Waals surface area (Å²) in [6, 6.07) is 8.19. The van der Waals surface area contributed by atoms with Crippen LogP contribution in [0.5, 0.6) is 0 Å². The van der Waals surface area contributed by atoms with Crippen molar-refractivity contribution in [1.29, 1.82) is 0 Å². The SMILES string of the molecule is Cc1noc(C)c1-c1cnc2c(-c3cnc(C4CC4)nc3)cn([C@@H](C)c3ccccn3)c2c1. The lowest BCUT2D eigenvalue weighted by atomic mass is 10.0. The average Bonchev–Trinajstić information content (AvgIpc) is 3.56. The van der Waals surface area contributed by atoms with Crippen LogP contribution in [0.2, 0.25) is 0 Å². The quantitative estimate of drug-likeness (QED) is 0.354. The molecule has 5 heterocycles. The monoisotopic (exact) mass is 436 g/mol. The second-order valence-corrected chi connectivity index (χ2v) is 8.78. The largest absolute Gasteiger partial charge is 0.361 e. The van der Waals surface area contributed by atoms with Gasteiger partial charge in [-0.2, -0.15) is 0 Å². The molecule has 0 radical (unpaired) electrons. The normalized spacial score (nSPS) is 14.6. The van der Waals surface area contributed by atoms with Gasteiger partial charge in [-0.15, -0.1) is 0 Å². The standard InChI is InChI=1S/C26H24N6O/c1-15-24(17(3)33-31-15)19-10-23-25(28-11-19)21(20-12-29-26(30-13-20)18-7-8-18)14-32(23)16(2)22-6-4-5-9-27-22/h4-6,9-14,16,18H,7-8H2,1-3H3/t16-/m0/s1.